The average molecular weight is 535 g/mol. The van der Waals surface area contributed by atoms with Crippen LogP contribution in [0.15, 0.2) is 103 Å². The van der Waals surface area contributed by atoms with Crippen molar-refractivity contribution in [2.45, 2.75) is 26.9 Å². The zero-order chi connectivity index (χ0) is 24.0. The summed E-state index contributed by atoms with van der Waals surface area (Å²) in [6.07, 6.45) is 0.816. The van der Waals surface area contributed by atoms with Gasteiger partial charge in [0.15, 0.2) is 0 Å². The fraction of sp³-hybridized carbons (Fsp3) is 0.200. The van der Waals surface area contributed by atoms with Crippen LogP contribution in [-0.4, -0.2) is 13.2 Å². The third-order valence-electron chi connectivity index (χ3n) is 6.25. The van der Waals surface area contributed by atoms with Crippen molar-refractivity contribution in [2.24, 2.45) is 0 Å². The first-order chi connectivity index (χ1) is 16.5. The first-order valence-electron chi connectivity index (χ1n) is 11.8. The van der Waals surface area contributed by atoms with Gasteiger partial charge in [0.25, 0.3) is 0 Å². The van der Waals surface area contributed by atoms with Gasteiger partial charge in [-0.25, -0.2) is 0 Å². The molecule has 0 bridgehead atoms. The third kappa shape index (κ3) is 4.40. The molecule has 176 valence electrons. The van der Waals surface area contributed by atoms with Crippen LogP contribution in [-0.2, 0) is 6.16 Å². The van der Waals surface area contributed by atoms with E-state index in [-0.39, 0.29) is 0 Å². The Morgan fingerprint density at radius 2 is 1.09 bits per heavy atom. The quantitative estimate of drug-likeness (QED) is 0.212. The Hall–Kier alpha value is -2.61. The van der Waals surface area contributed by atoms with E-state index in [4.69, 9.17) is 9.47 Å². The monoisotopic (exact) mass is 534 g/mol. The average Bonchev–Trinajstić information content (AvgIpc) is 2.88. The van der Waals surface area contributed by atoms with E-state index in [0.29, 0.717) is 13.2 Å². The molecule has 0 aromatic heterocycles. The first-order valence-corrected chi connectivity index (χ1v) is 16.2. The Morgan fingerprint density at radius 1 is 0.647 bits per heavy atom. The molecule has 0 aliphatic rings. The second-order valence-corrected chi connectivity index (χ2v) is 17.4. The van der Waals surface area contributed by atoms with Crippen LogP contribution in [0.5, 0.6) is 11.5 Å². The minimum absolute atomic E-state index is 0.594. The number of ether oxygens (including phenoxy) is 2. The van der Waals surface area contributed by atoms with Gasteiger partial charge in [-0.15, -0.1) is 0 Å². The van der Waals surface area contributed by atoms with Gasteiger partial charge in [-0.05, 0) is 0 Å². The Bertz CT molecular complexity index is 1130. The fourth-order valence-electron chi connectivity index (χ4n) is 4.78. The second kappa shape index (κ2) is 10.3. The van der Waals surface area contributed by atoms with Gasteiger partial charge in [-0.1, -0.05) is 0 Å². The van der Waals surface area contributed by atoms with E-state index >= 15 is 0 Å². The van der Waals surface area contributed by atoms with Crippen LogP contribution in [0.25, 0.3) is 0 Å². The molecular weight excluding hydrogens is 503 g/mol. The van der Waals surface area contributed by atoms with Crippen LogP contribution in [0.2, 0.25) is 0 Å². The van der Waals surface area contributed by atoms with E-state index in [9.17, 15) is 0 Å². The summed E-state index contributed by atoms with van der Waals surface area (Å²) in [5, 5.41) is 0.829. The normalized spacial score (nSPS) is 12.5. The standard InChI is InChI=1S/C30H32BrO2P/c1-4-32-29-22-25(21-24(3)30(29)33-5-2)23-34(31,26-15-9-6-10-16-26,27-17-11-7-12-18-27)28-19-13-8-14-20-28/h6-22H,4-5,23H2,1-3H3. The van der Waals surface area contributed by atoms with Gasteiger partial charge < -0.3 is 0 Å². The van der Waals surface area contributed by atoms with Crippen LogP contribution in [0, 0.1) is 6.92 Å². The van der Waals surface area contributed by atoms with Crippen molar-refractivity contribution in [3.05, 3.63) is 114 Å². The van der Waals surface area contributed by atoms with Gasteiger partial charge in [0.05, 0.1) is 0 Å². The first kappa shape index (κ1) is 24.5. The SMILES string of the molecule is CCOc1cc(CP(Br)(c2ccccc2)(c2ccccc2)c2ccccc2)cc(C)c1OCC. The van der Waals surface area contributed by atoms with Gasteiger partial charge in [0, 0.05) is 0 Å². The predicted octanol–water partition coefficient (Wildman–Crippen LogP) is 7.13. The molecule has 0 atom stereocenters. The van der Waals surface area contributed by atoms with Gasteiger partial charge in [0.1, 0.15) is 0 Å². The van der Waals surface area contributed by atoms with Crippen LogP contribution in [0.3, 0.4) is 0 Å². The maximum atomic E-state index is 6.05. The van der Waals surface area contributed by atoms with Crippen LogP contribution >= 0.6 is 20.8 Å². The molecule has 4 aromatic carbocycles. The molecular formula is C30H32BrO2P. The molecule has 0 unspecified atom stereocenters. The van der Waals surface area contributed by atoms with Crippen molar-refractivity contribution < 1.29 is 9.47 Å². The zero-order valence-electron chi connectivity index (χ0n) is 20.1. The number of aryl methyl sites for hydroxylation is 1. The van der Waals surface area contributed by atoms with E-state index < -0.39 is 5.31 Å². The van der Waals surface area contributed by atoms with E-state index in [1.807, 2.05) is 13.8 Å². The van der Waals surface area contributed by atoms with E-state index in [2.05, 4.69) is 126 Å². The molecule has 0 aliphatic heterocycles. The molecule has 2 nitrogen and oxygen atoms in total. The molecule has 0 radical (unpaired) electrons. The summed E-state index contributed by atoms with van der Waals surface area (Å²) in [6, 6.07) is 37.1. The van der Waals surface area contributed by atoms with Crippen molar-refractivity contribution in [3.8, 4) is 11.5 Å². The van der Waals surface area contributed by atoms with Crippen molar-refractivity contribution in [1.29, 1.82) is 0 Å². The Balaban J connectivity index is 2.02. The summed E-state index contributed by atoms with van der Waals surface area (Å²) in [4.78, 5) is 0. The number of benzene rings is 4. The van der Waals surface area contributed by atoms with E-state index in [0.717, 1.165) is 23.2 Å². The molecule has 4 aromatic rings. The number of rotatable bonds is 9. The Morgan fingerprint density at radius 3 is 1.50 bits per heavy atom. The summed E-state index contributed by atoms with van der Waals surface area (Å²) >= 11 is 4.55. The third-order valence-corrected chi connectivity index (χ3v) is 15.8. The number of hydrogen-bond donors (Lipinski definition) is 0. The molecule has 0 saturated carbocycles. The molecule has 0 fully saturated rings. The molecule has 0 aliphatic carbocycles. The predicted molar refractivity (Wildman–Crippen MR) is 151 cm³/mol. The van der Waals surface area contributed by atoms with Crippen molar-refractivity contribution in [2.75, 3.05) is 13.2 Å². The van der Waals surface area contributed by atoms with Crippen LogP contribution in [0.1, 0.15) is 25.0 Å². The summed E-state index contributed by atoms with van der Waals surface area (Å²) in [6.45, 7) is 7.33. The summed E-state index contributed by atoms with van der Waals surface area (Å²) < 4.78 is 12.0. The molecule has 34 heavy (non-hydrogen) atoms. The molecule has 4 heteroatoms. The summed E-state index contributed by atoms with van der Waals surface area (Å²) in [5.41, 5.74) is 2.31. The molecule has 0 heterocycles. The van der Waals surface area contributed by atoms with Crippen LogP contribution in [0.4, 0.5) is 0 Å². The van der Waals surface area contributed by atoms with E-state index in [1.165, 1.54) is 21.5 Å². The van der Waals surface area contributed by atoms with Gasteiger partial charge in [0.2, 0.25) is 0 Å². The molecule has 0 saturated heterocycles. The summed E-state index contributed by atoms with van der Waals surface area (Å²) in [7, 11) is 0. The van der Waals surface area contributed by atoms with Crippen molar-refractivity contribution in [3.63, 3.8) is 0 Å². The molecule has 0 spiro atoms. The van der Waals surface area contributed by atoms with Gasteiger partial charge >= 0.3 is 212 Å². The van der Waals surface area contributed by atoms with Gasteiger partial charge in [-0.2, -0.15) is 0 Å². The maximum absolute atomic E-state index is 6.05. The Labute approximate surface area is 211 Å². The topological polar surface area (TPSA) is 18.5 Å². The second-order valence-electron chi connectivity index (χ2n) is 8.45. The zero-order valence-corrected chi connectivity index (χ0v) is 22.6. The summed E-state index contributed by atoms with van der Waals surface area (Å²) in [5.74, 6) is 1.65. The van der Waals surface area contributed by atoms with Crippen LogP contribution < -0.4 is 25.4 Å². The van der Waals surface area contributed by atoms with Crippen molar-refractivity contribution >= 4 is 36.7 Å². The van der Waals surface area contributed by atoms with E-state index in [1.54, 1.807) is 0 Å². The number of halogens is 1. The minimum atomic E-state index is -3.07. The fourth-order valence-corrected chi connectivity index (χ4v) is 12.5. The van der Waals surface area contributed by atoms with Gasteiger partial charge in [-0.3, -0.25) is 0 Å². The molecule has 0 amide bonds. The van der Waals surface area contributed by atoms with Crippen molar-refractivity contribution in [1.82, 2.24) is 0 Å². The Kier molecular flexibility index (Phi) is 7.45. The molecule has 0 N–H and O–H groups in total. The molecule has 4 rings (SSSR count). The number of hydrogen-bond acceptors (Lipinski definition) is 2.